The van der Waals surface area contributed by atoms with Gasteiger partial charge in [-0.25, -0.2) is 4.79 Å². The molecule has 8 heteroatoms. The van der Waals surface area contributed by atoms with Crippen molar-refractivity contribution in [1.29, 1.82) is 0 Å². The molecule has 1 N–H and O–H groups in total. The Labute approximate surface area is 158 Å². The standard InChI is InChI=1S/C19H25N5O3/c25-19(23-9-7-16(8-10-23)24-13-20-21-14-24)22-15-3-5-17(6-4-15)27-12-18-2-1-11-26-18/h3-6,13-14,16,18H,1-2,7-12H2,(H,22,25)/t18-/m1/s1. The predicted octanol–water partition coefficient (Wildman–Crippen LogP) is 2.70. The Kier molecular flexibility index (Phi) is 5.53. The maximum atomic E-state index is 12.5. The van der Waals surface area contributed by atoms with Gasteiger partial charge in [0.25, 0.3) is 0 Å². The molecule has 1 aromatic heterocycles. The van der Waals surface area contributed by atoms with Crippen LogP contribution in [0.4, 0.5) is 10.5 Å². The third-order valence-electron chi connectivity index (χ3n) is 5.18. The number of carbonyl (C=O) groups excluding carboxylic acids is 1. The number of aromatic nitrogens is 3. The summed E-state index contributed by atoms with van der Waals surface area (Å²) in [5, 5.41) is 10.7. The number of nitrogens with zero attached hydrogens (tertiary/aromatic N) is 4. The molecule has 0 spiro atoms. The average Bonchev–Trinajstić information content (AvgIpc) is 3.42. The van der Waals surface area contributed by atoms with Gasteiger partial charge in [0.2, 0.25) is 0 Å². The van der Waals surface area contributed by atoms with Gasteiger partial charge in [0, 0.05) is 31.4 Å². The zero-order chi connectivity index (χ0) is 18.5. The topological polar surface area (TPSA) is 81.5 Å². The van der Waals surface area contributed by atoms with Gasteiger partial charge in [-0.3, -0.25) is 0 Å². The van der Waals surface area contributed by atoms with Gasteiger partial charge in [0.15, 0.2) is 0 Å². The van der Waals surface area contributed by atoms with Crippen LogP contribution >= 0.6 is 0 Å². The van der Waals surface area contributed by atoms with E-state index in [4.69, 9.17) is 9.47 Å². The van der Waals surface area contributed by atoms with Crippen molar-refractivity contribution in [2.45, 2.75) is 37.8 Å². The van der Waals surface area contributed by atoms with Crippen molar-refractivity contribution < 1.29 is 14.3 Å². The Balaban J connectivity index is 1.23. The van der Waals surface area contributed by atoms with E-state index in [1.807, 2.05) is 33.7 Å². The van der Waals surface area contributed by atoms with E-state index in [1.165, 1.54) is 0 Å². The molecule has 2 aliphatic heterocycles. The van der Waals surface area contributed by atoms with Crippen LogP contribution in [0.1, 0.15) is 31.7 Å². The van der Waals surface area contributed by atoms with E-state index in [-0.39, 0.29) is 12.1 Å². The molecule has 1 atom stereocenters. The van der Waals surface area contributed by atoms with Crippen molar-refractivity contribution in [3.63, 3.8) is 0 Å². The zero-order valence-electron chi connectivity index (χ0n) is 15.3. The monoisotopic (exact) mass is 371 g/mol. The maximum absolute atomic E-state index is 12.5. The number of rotatable bonds is 5. The molecule has 2 saturated heterocycles. The number of benzene rings is 1. The highest BCUT2D eigenvalue weighted by Crippen LogP contribution is 2.23. The van der Waals surface area contributed by atoms with E-state index in [1.54, 1.807) is 12.7 Å². The molecule has 2 amide bonds. The van der Waals surface area contributed by atoms with Gasteiger partial charge in [-0.15, -0.1) is 10.2 Å². The van der Waals surface area contributed by atoms with Crippen molar-refractivity contribution in [2.24, 2.45) is 0 Å². The molecular formula is C19H25N5O3. The van der Waals surface area contributed by atoms with Crippen molar-refractivity contribution in [3.8, 4) is 5.75 Å². The molecule has 2 aromatic rings. The van der Waals surface area contributed by atoms with Crippen LogP contribution < -0.4 is 10.1 Å². The quantitative estimate of drug-likeness (QED) is 0.874. The average molecular weight is 371 g/mol. The van der Waals surface area contributed by atoms with Crippen molar-refractivity contribution in [1.82, 2.24) is 19.7 Å². The lowest BCUT2D eigenvalue weighted by Crippen LogP contribution is -2.41. The number of hydrogen-bond acceptors (Lipinski definition) is 5. The van der Waals surface area contributed by atoms with Crippen LogP contribution in [0.25, 0.3) is 0 Å². The number of carbonyl (C=O) groups is 1. The molecule has 0 radical (unpaired) electrons. The minimum Gasteiger partial charge on any atom is -0.491 e. The molecule has 0 bridgehead atoms. The van der Waals surface area contributed by atoms with E-state index >= 15 is 0 Å². The molecular weight excluding hydrogens is 346 g/mol. The Morgan fingerprint density at radius 2 is 1.89 bits per heavy atom. The minimum atomic E-state index is -0.0646. The fourth-order valence-corrected chi connectivity index (χ4v) is 3.57. The van der Waals surface area contributed by atoms with Gasteiger partial charge >= 0.3 is 6.03 Å². The van der Waals surface area contributed by atoms with Crippen LogP contribution in [0.15, 0.2) is 36.9 Å². The molecule has 4 rings (SSSR count). The highest BCUT2D eigenvalue weighted by Gasteiger charge is 2.23. The van der Waals surface area contributed by atoms with E-state index < -0.39 is 0 Å². The van der Waals surface area contributed by atoms with Crippen LogP contribution in [-0.2, 0) is 4.74 Å². The highest BCUT2D eigenvalue weighted by atomic mass is 16.5. The lowest BCUT2D eigenvalue weighted by atomic mass is 10.1. The van der Waals surface area contributed by atoms with E-state index in [0.29, 0.717) is 12.6 Å². The lowest BCUT2D eigenvalue weighted by Gasteiger charge is -2.32. The molecule has 0 aliphatic carbocycles. The molecule has 2 aliphatic rings. The lowest BCUT2D eigenvalue weighted by molar-refractivity contribution is 0.0679. The zero-order valence-corrected chi connectivity index (χ0v) is 15.3. The molecule has 27 heavy (non-hydrogen) atoms. The van der Waals surface area contributed by atoms with E-state index in [0.717, 1.165) is 56.8 Å². The van der Waals surface area contributed by atoms with Crippen molar-refractivity contribution >= 4 is 11.7 Å². The third-order valence-corrected chi connectivity index (χ3v) is 5.18. The summed E-state index contributed by atoms with van der Waals surface area (Å²) in [4.78, 5) is 14.3. The summed E-state index contributed by atoms with van der Waals surface area (Å²) in [6.07, 6.45) is 7.65. The molecule has 1 aromatic carbocycles. The van der Waals surface area contributed by atoms with Crippen LogP contribution in [-0.4, -0.2) is 58.1 Å². The Morgan fingerprint density at radius 1 is 1.15 bits per heavy atom. The number of urea groups is 1. The number of anilines is 1. The Bertz CT molecular complexity index is 720. The summed E-state index contributed by atoms with van der Waals surface area (Å²) in [5.74, 6) is 0.790. The Morgan fingerprint density at radius 3 is 2.56 bits per heavy atom. The van der Waals surface area contributed by atoms with Crippen LogP contribution in [0.3, 0.4) is 0 Å². The summed E-state index contributed by atoms with van der Waals surface area (Å²) in [5.41, 5.74) is 0.769. The molecule has 3 heterocycles. The smallest absolute Gasteiger partial charge is 0.321 e. The van der Waals surface area contributed by atoms with Crippen LogP contribution in [0.2, 0.25) is 0 Å². The fraction of sp³-hybridized carbons (Fsp3) is 0.526. The fourth-order valence-electron chi connectivity index (χ4n) is 3.57. The number of piperidine rings is 1. The van der Waals surface area contributed by atoms with Gasteiger partial charge in [0.1, 0.15) is 25.0 Å². The van der Waals surface area contributed by atoms with Gasteiger partial charge in [-0.1, -0.05) is 0 Å². The first-order valence-electron chi connectivity index (χ1n) is 9.52. The predicted molar refractivity (Wildman–Crippen MR) is 99.8 cm³/mol. The van der Waals surface area contributed by atoms with Gasteiger partial charge in [-0.05, 0) is 49.9 Å². The molecule has 0 unspecified atom stereocenters. The SMILES string of the molecule is O=C(Nc1ccc(OC[C@H]2CCCO2)cc1)N1CCC(n2cnnc2)CC1. The molecule has 0 saturated carbocycles. The number of amides is 2. The second kappa shape index (κ2) is 8.39. The number of ether oxygens (including phenoxy) is 2. The summed E-state index contributed by atoms with van der Waals surface area (Å²) < 4.78 is 13.3. The summed E-state index contributed by atoms with van der Waals surface area (Å²) in [7, 11) is 0. The third kappa shape index (κ3) is 4.57. The highest BCUT2D eigenvalue weighted by molar-refractivity contribution is 5.89. The number of nitrogens with one attached hydrogen (secondary N) is 1. The van der Waals surface area contributed by atoms with Gasteiger partial charge < -0.3 is 24.3 Å². The van der Waals surface area contributed by atoms with Crippen LogP contribution in [0, 0.1) is 0 Å². The first kappa shape index (κ1) is 17.8. The molecule has 8 nitrogen and oxygen atoms in total. The first-order chi connectivity index (χ1) is 13.3. The van der Waals surface area contributed by atoms with Crippen molar-refractivity contribution in [3.05, 3.63) is 36.9 Å². The van der Waals surface area contributed by atoms with Gasteiger partial charge in [-0.2, -0.15) is 0 Å². The Hall–Kier alpha value is -2.61. The second-order valence-corrected chi connectivity index (χ2v) is 7.03. The summed E-state index contributed by atoms with van der Waals surface area (Å²) in [6.45, 7) is 2.84. The molecule has 2 fully saturated rings. The maximum Gasteiger partial charge on any atom is 0.321 e. The van der Waals surface area contributed by atoms with Crippen LogP contribution in [0.5, 0.6) is 5.75 Å². The second-order valence-electron chi connectivity index (χ2n) is 7.03. The van der Waals surface area contributed by atoms with Crippen molar-refractivity contribution in [2.75, 3.05) is 31.6 Å². The minimum absolute atomic E-state index is 0.0646. The largest absolute Gasteiger partial charge is 0.491 e. The summed E-state index contributed by atoms with van der Waals surface area (Å²) in [6, 6.07) is 7.79. The number of likely N-dealkylation sites (tertiary alicyclic amines) is 1. The first-order valence-corrected chi connectivity index (χ1v) is 9.52. The van der Waals surface area contributed by atoms with E-state index in [9.17, 15) is 4.79 Å². The number of hydrogen-bond donors (Lipinski definition) is 1. The van der Waals surface area contributed by atoms with Gasteiger partial charge in [0.05, 0.1) is 6.10 Å². The van der Waals surface area contributed by atoms with E-state index in [2.05, 4.69) is 15.5 Å². The molecule has 144 valence electrons. The normalized spacial score (nSPS) is 20.6. The summed E-state index contributed by atoms with van der Waals surface area (Å²) >= 11 is 0.